The summed E-state index contributed by atoms with van der Waals surface area (Å²) in [4.78, 5) is 8.62. The van der Waals surface area contributed by atoms with Crippen LogP contribution in [-0.2, 0) is 0 Å². The van der Waals surface area contributed by atoms with Crippen LogP contribution in [-0.4, -0.2) is 34.3 Å². The van der Waals surface area contributed by atoms with E-state index in [4.69, 9.17) is 11.6 Å². The van der Waals surface area contributed by atoms with Gasteiger partial charge >= 0.3 is 0 Å². The van der Waals surface area contributed by atoms with Crippen LogP contribution in [0.1, 0.15) is 5.56 Å². The number of nitrogens with zero attached hydrogens (tertiary/aromatic N) is 7. The molecule has 0 saturated carbocycles. The lowest BCUT2D eigenvalue weighted by molar-refractivity contribution is 0.893. The predicted octanol–water partition coefficient (Wildman–Crippen LogP) is 3.49. The van der Waals surface area contributed by atoms with Crippen molar-refractivity contribution in [1.29, 1.82) is 0 Å². The van der Waals surface area contributed by atoms with Crippen molar-refractivity contribution in [2.24, 2.45) is 0 Å². The second-order valence-corrected chi connectivity index (χ2v) is 6.33. The number of fused-ring (bicyclic) bond motifs is 3. The van der Waals surface area contributed by atoms with Crippen LogP contribution >= 0.6 is 11.6 Å². The van der Waals surface area contributed by atoms with Crippen molar-refractivity contribution in [1.82, 2.24) is 34.3 Å². The second kappa shape index (κ2) is 5.60. The minimum Gasteiger partial charge on any atom is -0.265 e. The number of benzene rings is 1. The number of halogens is 1. The lowest BCUT2D eigenvalue weighted by Crippen LogP contribution is -1.99. The summed E-state index contributed by atoms with van der Waals surface area (Å²) in [6.45, 7) is 1.96. The number of hydrogen-bond donors (Lipinski definition) is 0. The van der Waals surface area contributed by atoms with Gasteiger partial charge in [-0.3, -0.25) is 9.38 Å². The fourth-order valence-corrected chi connectivity index (χ4v) is 3.10. The first kappa shape index (κ1) is 15.0. The molecule has 26 heavy (non-hydrogen) atoms. The molecule has 4 aromatic heterocycles. The van der Waals surface area contributed by atoms with Crippen molar-refractivity contribution < 1.29 is 0 Å². The van der Waals surface area contributed by atoms with Gasteiger partial charge < -0.3 is 0 Å². The van der Waals surface area contributed by atoms with Gasteiger partial charge in [-0.05, 0) is 36.8 Å². The van der Waals surface area contributed by atoms with Gasteiger partial charge in [0.05, 0.1) is 17.3 Å². The summed E-state index contributed by atoms with van der Waals surface area (Å²) in [6.07, 6.45) is 6.90. The molecule has 0 aliphatic heterocycles. The maximum Gasteiger partial charge on any atom is 0.175 e. The molecular weight excluding hydrogens is 350 g/mol. The van der Waals surface area contributed by atoms with E-state index in [2.05, 4.69) is 25.3 Å². The zero-order chi connectivity index (χ0) is 17.7. The van der Waals surface area contributed by atoms with Gasteiger partial charge in [-0.1, -0.05) is 17.7 Å². The number of aromatic nitrogens is 7. The Morgan fingerprint density at radius 1 is 1.00 bits per heavy atom. The third kappa shape index (κ3) is 2.18. The maximum atomic E-state index is 6.26. The molecule has 0 fully saturated rings. The van der Waals surface area contributed by atoms with Crippen LogP contribution in [0.2, 0.25) is 5.02 Å². The molecule has 0 aliphatic rings. The SMILES string of the molecule is Cc1ccc(-n2ncc3c2ncn2c(-c4ccncc4)nnc32)cc1Cl. The standard InChI is InChI=1S/C18H12ClN7/c1-11-2-3-13(8-15(11)19)26-17-14(9-22-26)18-24-23-16(25(18)10-21-17)12-4-6-20-7-5-12/h2-10H,1H3. The van der Waals surface area contributed by atoms with E-state index in [-0.39, 0.29) is 0 Å². The van der Waals surface area contributed by atoms with E-state index in [1.165, 1.54) is 0 Å². The summed E-state index contributed by atoms with van der Waals surface area (Å²) in [5, 5.41) is 14.6. The number of pyridine rings is 1. The lowest BCUT2D eigenvalue weighted by atomic mass is 10.2. The molecule has 0 aliphatic carbocycles. The fraction of sp³-hybridized carbons (Fsp3) is 0.0556. The molecule has 0 spiro atoms. The average Bonchev–Trinajstić information content (AvgIpc) is 3.28. The molecular formula is C18H12ClN7. The molecule has 5 aromatic rings. The van der Waals surface area contributed by atoms with E-state index in [1.807, 2.05) is 41.7 Å². The zero-order valence-corrected chi connectivity index (χ0v) is 14.5. The van der Waals surface area contributed by atoms with Gasteiger partial charge in [-0.25, -0.2) is 9.67 Å². The van der Waals surface area contributed by atoms with Gasteiger partial charge in [0.2, 0.25) is 0 Å². The summed E-state index contributed by atoms with van der Waals surface area (Å²) < 4.78 is 3.60. The normalized spacial score (nSPS) is 11.5. The zero-order valence-electron chi connectivity index (χ0n) is 13.7. The minimum absolute atomic E-state index is 0.690. The van der Waals surface area contributed by atoms with Crippen molar-refractivity contribution in [3.63, 3.8) is 0 Å². The Balaban J connectivity index is 1.72. The van der Waals surface area contributed by atoms with E-state index in [1.54, 1.807) is 29.6 Å². The quantitative estimate of drug-likeness (QED) is 0.481. The highest BCUT2D eigenvalue weighted by Gasteiger charge is 2.15. The van der Waals surface area contributed by atoms with Gasteiger partial charge in [0, 0.05) is 23.0 Å². The Morgan fingerprint density at radius 2 is 1.85 bits per heavy atom. The first-order valence-electron chi connectivity index (χ1n) is 7.97. The number of rotatable bonds is 2. The van der Waals surface area contributed by atoms with Crippen molar-refractivity contribution in [3.8, 4) is 17.1 Å². The molecule has 7 nitrogen and oxygen atoms in total. The number of aryl methyl sites for hydroxylation is 1. The third-order valence-electron chi connectivity index (χ3n) is 4.31. The van der Waals surface area contributed by atoms with E-state index in [0.717, 1.165) is 22.2 Å². The second-order valence-electron chi connectivity index (χ2n) is 5.92. The van der Waals surface area contributed by atoms with Crippen molar-refractivity contribution in [2.45, 2.75) is 6.92 Å². The van der Waals surface area contributed by atoms with Crippen LogP contribution in [0, 0.1) is 6.92 Å². The van der Waals surface area contributed by atoms with Crippen LogP contribution < -0.4 is 0 Å². The minimum atomic E-state index is 0.690. The molecule has 5 rings (SSSR count). The van der Waals surface area contributed by atoms with Gasteiger partial charge in [0.25, 0.3) is 0 Å². The molecule has 0 amide bonds. The molecule has 4 heterocycles. The van der Waals surface area contributed by atoms with Crippen molar-refractivity contribution in [2.75, 3.05) is 0 Å². The fourth-order valence-electron chi connectivity index (χ4n) is 2.92. The number of hydrogen-bond acceptors (Lipinski definition) is 5. The van der Waals surface area contributed by atoms with Crippen molar-refractivity contribution >= 4 is 28.3 Å². The molecule has 0 saturated heterocycles. The maximum absolute atomic E-state index is 6.26. The largest absolute Gasteiger partial charge is 0.265 e. The lowest BCUT2D eigenvalue weighted by Gasteiger charge is -2.05. The van der Waals surface area contributed by atoms with E-state index in [9.17, 15) is 0 Å². The van der Waals surface area contributed by atoms with Crippen LogP contribution in [0.15, 0.2) is 55.2 Å². The Bertz CT molecular complexity index is 1260. The summed E-state index contributed by atoms with van der Waals surface area (Å²) in [6, 6.07) is 9.58. The van der Waals surface area contributed by atoms with Gasteiger partial charge in [0.1, 0.15) is 6.33 Å². The summed E-state index contributed by atoms with van der Waals surface area (Å²) in [5.74, 6) is 0.711. The highest BCUT2D eigenvalue weighted by Crippen LogP contribution is 2.25. The van der Waals surface area contributed by atoms with Crippen LogP contribution in [0.4, 0.5) is 0 Å². The van der Waals surface area contributed by atoms with Gasteiger partial charge in [-0.2, -0.15) is 5.10 Å². The molecule has 0 unspecified atom stereocenters. The summed E-state index contributed by atoms with van der Waals surface area (Å²) in [5.41, 5.74) is 4.19. The van der Waals surface area contributed by atoms with E-state index >= 15 is 0 Å². The average molecular weight is 362 g/mol. The molecule has 126 valence electrons. The molecule has 0 radical (unpaired) electrons. The topological polar surface area (TPSA) is 73.8 Å². The highest BCUT2D eigenvalue weighted by molar-refractivity contribution is 6.31. The van der Waals surface area contributed by atoms with Crippen LogP contribution in [0.3, 0.4) is 0 Å². The van der Waals surface area contributed by atoms with Crippen LogP contribution in [0.5, 0.6) is 0 Å². The molecule has 0 N–H and O–H groups in total. The summed E-state index contributed by atoms with van der Waals surface area (Å²) in [7, 11) is 0. The molecule has 0 bridgehead atoms. The highest BCUT2D eigenvalue weighted by atomic mass is 35.5. The first-order chi connectivity index (χ1) is 12.7. The molecule has 1 aromatic carbocycles. The smallest absolute Gasteiger partial charge is 0.175 e. The van der Waals surface area contributed by atoms with Crippen LogP contribution in [0.25, 0.3) is 33.8 Å². The third-order valence-corrected chi connectivity index (χ3v) is 4.72. The van der Waals surface area contributed by atoms with Crippen molar-refractivity contribution in [3.05, 3.63) is 65.8 Å². The Morgan fingerprint density at radius 3 is 2.65 bits per heavy atom. The monoisotopic (exact) mass is 361 g/mol. The Hall–Kier alpha value is -3.32. The van der Waals surface area contributed by atoms with E-state index < -0.39 is 0 Å². The van der Waals surface area contributed by atoms with E-state index in [0.29, 0.717) is 22.1 Å². The Labute approximate surface area is 152 Å². The Kier molecular flexibility index (Phi) is 3.23. The summed E-state index contributed by atoms with van der Waals surface area (Å²) >= 11 is 6.26. The molecule has 8 heteroatoms. The van der Waals surface area contributed by atoms with Gasteiger partial charge in [-0.15, -0.1) is 10.2 Å². The predicted molar refractivity (Wildman–Crippen MR) is 98.4 cm³/mol. The van der Waals surface area contributed by atoms with Gasteiger partial charge in [0.15, 0.2) is 17.1 Å². The first-order valence-corrected chi connectivity index (χ1v) is 8.34. The molecule has 0 atom stereocenters.